The van der Waals surface area contributed by atoms with Crippen LogP contribution in [0.4, 0.5) is 0 Å². The van der Waals surface area contributed by atoms with Crippen LogP contribution in [0.1, 0.15) is 47.6 Å². The van der Waals surface area contributed by atoms with Gasteiger partial charge in [0.2, 0.25) is 0 Å². The molecule has 2 aliphatic rings. The van der Waals surface area contributed by atoms with Gasteiger partial charge >= 0.3 is 0 Å². The maximum absolute atomic E-state index is 5.05. The zero-order valence-corrected chi connectivity index (χ0v) is 29.5. The molecular formula is C49H34N4. The third kappa shape index (κ3) is 4.39. The van der Waals surface area contributed by atoms with Crippen LogP contribution in [-0.4, -0.2) is 19.5 Å². The van der Waals surface area contributed by atoms with E-state index in [0.29, 0.717) is 17.5 Å². The molecule has 3 heterocycles. The highest BCUT2D eigenvalue weighted by atomic mass is 15.0. The molecule has 250 valence electrons. The molecule has 0 saturated heterocycles. The molecule has 9 aromatic rings. The van der Waals surface area contributed by atoms with Gasteiger partial charge in [0, 0.05) is 38.8 Å². The summed E-state index contributed by atoms with van der Waals surface area (Å²) in [5.74, 6) is 2.19. The standard InChI is InChI=1S/C49H34N4/c1-49(2)40-23-13-22-38-39-28-33(48-51-46(30-14-5-3-6-15-30)50-47(52-48)31-16-7-4-8-17-31)25-26-42(39)53(45(38)40)43-27-24-32(29-41(43)49)44-36-20-11-9-18-34(36)35-19-10-12-21-37(35)44/h3-29,44H,1-2H3. The summed E-state index contributed by atoms with van der Waals surface area (Å²) in [5.41, 5.74) is 15.8. The van der Waals surface area contributed by atoms with E-state index >= 15 is 0 Å². The van der Waals surface area contributed by atoms with Crippen LogP contribution < -0.4 is 0 Å². The second-order valence-electron chi connectivity index (χ2n) is 14.8. The zero-order chi connectivity index (χ0) is 35.3. The van der Waals surface area contributed by atoms with Gasteiger partial charge in [-0.25, -0.2) is 15.0 Å². The van der Waals surface area contributed by atoms with Crippen molar-refractivity contribution in [3.05, 3.63) is 192 Å². The summed E-state index contributed by atoms with van der Waals surface area (Å²) in [5, 5.41) is 2.43. The maximum atomic E-state index is 5.05. The van der Waals surface area contributed by atoms with E-state index in [9.17, 15) is 0 Å². The van der Waals surface area contributed by atoms with Gasteiger partial charge < -0.3 is 4.57 Å². The van der Waals surface area contributed by atoms with E-state index in [-0.39, 0.29) is 11.3 Å². The smallest absolute Gasteiger partial charge is 0.164 e. The molecule has 0 atom stereocenters. The number of rotatable bonds is 4. The van der Waals surface area contributed by atoms with Gasteiger partial charge in [0.15, 0.2) is 17.5 Å². The van der Waals surface area contributed by atoms with Gasteiger partial charge in [-0.1, -0.05) is 153 Å². The highest BCUT2D eigenvalue weighted by Gasteiger charge is 2.37. The number of hydrogen-bond acceptors (Lipinski definition) is 3. The molecule has 0 amide bonds. The molecular weight excluding hydrogens is 645 g/mol. The van der Waals surface area contributed by atoms with Crippen LogP contribution in [0.2, 0.25) is 0 Å². The van der Waals surface area contributed by atoms with Crippen molar-refractivity contribution < 1.29 is 0 Å². The van der Waals surface area contributed by atoms with Gasteiger partial charge in [-0.15, -0.1) is 0 Å². The SMILES string of the molecule is CC1(C)c2cc(C3c4ccccc4-c4ccccc43)ccc2-n2c3ccc(-c4nc(-c5ccccc5)nc(-c5ccccc5)n4)cc3c3cccc1c32. The number of benzene rings is 7. The number of aromatic nitrogens is 4. The molecule has 0 bridgehead atoms. The van der Waals surface area contributed by atoms with E-state index < -0.39 is 0 Å². The lowest BCUT2D eigenvalue weighted by molar-refractivity contribution is 0.628. The highest BCUT2D eigenvalue weighted by Crippen LogP contribution is 2.52. The minimum Gasteiger partial charge on any atom is -0.309 e. The molecule has 0 spiro atoms. The summed E-state index contributed by atoms with van der Waals surface area (Å²) >= 11 is 0. The fraction of sp³-hybridized carbons (Fsp3) is 0.0816. The lowest BCUT2D eigenvalue weighted by Gasteiger charge is -2.35. The lowest BCUT2D eigenvalue weighted by atomic mass is 9.73. The van der Waals surface area contributed by atoms with Gasteiger partial charge in [0.05, 0.1) is 16.7 Å². The van der Waals surface area contributed by atoms with Crippen LogP contribution in [0.15, 0.2) is 164 Å². The monoisotopic (exact) mass is 678 g/mol. The Labute approximate surface area is 308 Å². The summed E-state index contributed by atoms with van der Waals surface area (Å²) in [6, 6.07) is 58.9. The Balaban J connectivity index is 1.10. The Hall–Kier alpha value is -6.65. The maximum Gasteiger partial charge on any atom is 0.164 e. The molecule has 7 aromatic carbocycles. The summed E-state index contributed by atoms with van der Waals surface area (Å²) in [6.45, 7) is 4.77. The molecule has 1 aliphatic heterocycles. The number of para-hydroxylation sites is 1. The molecule has 1 aliphatic carbocycles. The van der Waals surface area contributed by atoms with Crippen molar-refractivity contribution in [2.75, 3.05) is 0 Å². The Morgan fingerprint density at radius 1 is 0.472 bits per heavy atom. The van der Waals surface area contributed by atoms with E-state index in [1.807, 2.05) is 36.4 Å². The van der Waals surface area contributed by atoms with E-state index in [4.69, 9.17) is 15.0 Å². The molecule has 4 nitrogen and oxygen atoms in total. The van der Waals surface area contributed by atoms with E-state index in [1.54, 1.807) is 0 Å². The Kier molecular flexibility index (Phi) is 6.33. The topological polar surface area (TPSA) is 43.6 Å². The van der Waals surface area contributed by atoms with Crippen molar-refractivity contribution in [1.82, 2.24) is 19.5 Å². The van der Waals surface area contributed by atoms with Crippen LogP contribution in [0.3, 0.4) is 0 Å². The van der Waals surface area contributed by atoms with Gasteiger partial charge in [0.25, 0.3) is 0 Å². The third-order valence-electron chi connectivity index (χ3n) is 11.5. The van der Waals surface area contributed by atoms with Crippen molar-refractivity contribution in [2.45, 2.75) is 25.2 Å². The van der Waals surface area contributed by atoms with Crippen molar-refractivity contribution in [1.29, 1.82) is 0 Å². The van der Waals surface area contributed by atoms with Crippen molar-refractivity contribution in [2.24, 2.45) is 0 Å². The molecule has 4 heteroatoms. The molecule has 2 aromatic heterocycles. The lowest BCUT2D eigenvalue weighted by Crippen LogP contribution is -2.26. The van der Waals surface area contributed by atoms with Gasteiger partial charge in [-0.2, -0.15) is 0 Å². The van der Waals surface area contributed by atoms with Crippen LogP contribution in [0.5, 0.6) is 0 Å². The molecule has 0 unspecified atom stereocenters. The van der Waals surface area contributed by atoms with Crippen molar-refractivity contribution in [3.8, 4) is 51.0 Å². The first-order valence-corrected chi connectivity index (χ1v) is 18.3. The summed E-state index contributed by atoms with van der Waals surface area (Å²) < 4.78 is 2.49. The minimum absolute atomic E-state index is 0.201. The van der Waals surface area contributed by atoms with E-state index in [0.717, 1.165) is 16.7 Å². The van der Waals surface area contributed by atoms with Gasteiger partial charge in [-0.3, -0.25) is 0 Å². The number of hydrogen-bond donors (Lipinski definition) is 0. The van der Waals surface area contributed by atoms with Crippen LogP contribution >= 0.6 is 0 Å². The zero-order valence-electron chi connectivity index (χ0n) is 29.5. The molecule has 53 heavy (non-hydrogen) atoms. The first-order valence-electron chi connectivity index (χ1n) is 18.3. The normalized spacial score (nSPS) is 13.9. The van der Waals surface area contributed by atoms with Gasteiger partial charge in [0.1, 0.15) is 0 Å². The first kappa shape index (κ1) is 30.0. The van der Waals surface area contributed by atoms with Gasteiger partial charge in [-0.05, 0) is 63.2 Å². The summed E-state index contributed by atoms with van der Waals surface area (Å²) in [7, 11) is 0. The quantitative estimate of drug-likeness (QED) is 0.186. The molecule has 0 N–H and O–H groups in total. The van der Waals surface area contributed by atoms with E-state index in [1.165, 1.54) is 66.4 Å². The summed E-state index contributed by atoms with van der Waals surface area (Å²) in [6.07, 6.45) is 0. The Morgan fingerprint density at radius 2 is 1.06 bits per heavy atom. The Morgan fingerprint density at radius 3 is 1.70 bits per heavy atom. The van der Waals surface area contributed by atoms with Crippen LogP contribution in [-0.2, 0) is 5.41 Å². The van der Waals surface area contributed by atoms with Crippen LogP contribution in [0, 0.1) is 0 Å². The minimum atomic E-state index is -0.209. The molecule has 0 radical (unpaired) electrons. The second kappa shape index (κ2) is 11.2. The van der Waals surface area contributed by atoms with Crippen molar-refractivity contribution >= 4 is 21.8 Å². The fourth-order valence-corrected chi connectivity index (χ4v) is 8.99. The fourth-order valence-electron chi connectivity index (χ4n) is 8.99. The second-order valence-corrected chi connectivity index (χ2v) is 14.8. The first-order chi connectivity index (χ1) is 26.0. The van der Waals surface area contributed by atoms with Crippen LogP contribution in [0.25, 0.3) is 72.8 Å². The molecule has 11 rings (SSSR count). The number of fused-ring (bicyclic) bond motifs is 8. The number of nitrogens with zero attached hydrogens (tertiary/aromatic N) is 4. The highest BCUT2D eigenvalue weighted by molar-refractivity contribution is 6.12. The molecule has 0 saturated carbocycles. The average molecular weight is 679 g/mol. The predicted molar refractivity (Wildman–Crippen MR) is 215 cm³/mol. The third-order valence-corrected chi connectivity index (χ3v) is 11.5. The summed E-state index contributed by atoms with van der Waals surface area (Å²) in [4.78, 5) is 15.0. The molecule has 0 fully saturated rings. The average Bonchev–Trinajstić information content (AvgIpc) is 3.73. The largest absolute Gasteiger partial charge is 0.309 e. The van der Waals surface area contributed by atoms with Crippen molar-refractivity contribution in [3.63, 3.8) is 0 Å². The Bertz CT molecular complexity index is 2820. The van der Waals surface area contributed by atoms with E-state index in [2.05, 4.69) is 146 Å². The predicted octanol–water partition coefficient (Wildman–Crippen LogP) is 11.8.